The molecule has 0 saturated heterocycles. The molecule has 16 heavy (non-hydrogen) atoms. The smallest absolute Gasteiger partial charge is 0.242 e. The summed E-state index contributed by atoms with van der Waals surface area (Å²) >= 11 is 10.6. The van der Waals surface area contributed by atoms with E-state index < -0.39 is 10.0 Å². The molecule has 0 amide bonds. The molecule has 0 fully saturated rings. The van der Waals surface area contributed by atoms with E-state index in [1.807, 2.05) is 0 Å². The summed E-state index contributed by atoms with van der Waals surface area (Å²) in [5.74, 6) is 0. The minimum absolute atomic E-state index is 0.0241. The molecule has 7 heteroatoms. The van der Waals surface area contributed by atoms with Gasteiger partial charge < -0.3 is 5.73 Å². The Morgan fingerprint density at radius 1 is 1.56 bits per heavy atom. The molecule has 4 nitrogen and oxygen atoms in total. The number of hydrogen-bond acceptors (Lipinski definition) is 3. The molecule has 0 spiro atoms. The van der Waals surface area contributed by atoms with E-state index in [2.05, 4.69) is 4.72 Å². The second kappa shape index (κ2) is 5.09. The number of nitrogens with two attached hydrogens (primary N) is 1. The average Bonchev–Trinajstić information content (AvgIpc) is 2.16. The van der Waals surface area contributed by atoms with Crippen LogP contribution >= 0.6 is 23.8 Å². The van der Waals surface area contributed by atoms with Gasteiger partial charge in [0.2, 0.25) is 10.0 Å². The zero-order valence-electron chi connectivity index (χ0n) is 8.53. The minimum atomic E-state index is -3.55. The van der Waals surface area contributed by atoms with Crippen molar-refractivity contribution in [2.75, 3.05) is 6.54 Å². The maximum atomic E-state index is 11.7. The zero-order chi connectivity index (χ0) is 12.3. The molecule has 0 atom stereocenters. The maximum absolute atomic E-state index is 11.7. The average molecular weight is 279 g/mol. The number of halogens is 1. The number of hydrogen-bond donors (Lipinski definition) is 2. The molecule has 1 aromatic carbocycles. The molecule has 0 aliphatic rings. The molecule has 0 unspecified atom stereocenters. The molecule has 0 heterocycles. The van der Waals surface area contributed by atoms with E-state index in [-0.39, 0.29) is 14.9 Å². The number of sulfonamides is 1. The molecule has 88 valence electrons. The van der Waals surface area contributed by atoms with E-state index in [9.17, 15) is 8.42 Å². The van der Waals surface area contributed by atoms with Crippen molar-refractivity contribution in [3.05, 3.63) is 28.8 Å². The molecule has 0 aliphatic heterocycles. The quantitative estimate of drug-likeness (QED) is 0.814. The van der Waals surface area contributed by atoms with Gasteiger partial charge in [-0.2, -0.15) is 0 Å². The van der Waals surface area contributed by atoms with Gasteiger partial charge in [-0.1, -0.05) is 36.8 Å². The molecule has 0 aromatic heterocycles. The molecular formula is C9H11ClN2O2S2. The van der Waals surface area contributed by atoms with Gasteiger partial charge in [-0.3, -0.25) is 0 Å². The lowest BCUT2D eigenvalue weighted by atomic mass is 10.2. The van der Waals surface area contributed by atoms with Crippen molar-refractivity contribution in [3.63, 3.8) is 0 Å². The van der Waals surface area contributed by atoms with Crippen molar-refractivity contribution < 1.29 is 8.42 Å². The number of thiocarbonyl (C=S) groups is 1. The van der Waals surface area contributed by atoms with E-state index >= 15 is 0 Å². The van der Waals surface area contributed by atoms with Crippen LogP contribution in [0.1, 0.15) is 12.5 Å². The molecule has 1 rings (SSSR count). The number of nitrogens with one attached hydrogen (secondary N) is 1. The fourth-order valence-corrected chi connectivity index (χ4v) is 2.85. The first-order valence-electron chi connectivity index (χ1n) is 4.47. The summed E-state index contributed by atoms with van der Waals surface area (Å²) < 4.78 is 25.7. The highest BCUT2D eigenvalue weighted by atomic mass is 35.5. The van der Waals surface area contributed by atoms with Crippen LogP contribution in [0.5, 0.6) is 0 Å². The van der Waals surface area contributed by atoms with Gasteiger partial charge in [-0.15, -0.1) is 0 Å². The predicted octanol–water partition coefficient (Wildman–Crippen LogP) is 1.27. The van der Waals surface area contributed by atoms with Crippen molar-refractivity contribution in [1.29, 1.82) is 0 Å². The first-order valence-corrected chi connectivity index (χ1v) is 6.74. The van der Waals surface area contributed by atoms with Crippen molar-refractivity contribution in [3.8, 4) is 0 Å². The van der Waals surface area contributed by atoms with Gasteiger partial charge in [-0.05, 0) is 12.1 Å². The standard InChI is InChI=1S/C9H11ClN2O2S2/c1-2-12-16(13,14)8-4-3-6(9(11)15)5-7(8)10/h3-5,12H,2H2,1H3,(H2,11,15). The Kier molecular flexibility index (Phi) is 4.26. The zero-order valence-corrected chi connectivity index (χ0v) is 10.9. The van der Waals surface area contributed by atoms with Gasteiger partial charge >= 0.3 is 0 Å². The number of benzene rings is 1. The lowest BCUT2D eigenvalue weighted by Gasteiger charge is -2.07. The largest absolute Gasteiger partial charge is 0.389 e. The van der Waals surface area contributed by atoms with Crippen molar-refractivity contribution in [2.45, 2.75) is 11.8 Å². The second-order valence-electron chi connectivity index (χ2n) is 3.01. The van der Waals surface area contributed by atoms with Crippen LogP contribution in [0.4, 0.5) is 0 Å². The summed E-state index contributed by atoms with van der Waals surface area (Å²) in [7, 11) is -3.55. The molecule has 0 radical (unpaired) electrons. The van der Waals surface area contributed by atoms with Crippen LogP contribution in [0.3, 0.4) is 0 Å². The Bertz CT molecular complexity index is 514. The maximum Gasteiger partial charge on any atom is 0.242 e. The SMILES string of the molecule is CCNS(=O)(=O)c1ccc(C(N)=S)cc1Cl. The van der Waals surface area contributed by atoms with Gasteiger partial charge in [0.05, 0.1) is 5.02 Å². The monoisotopic (exact) mass is 278 g/mol. The fourth-order valence-electron chi connectivity index (χ4n) is 1.14. The van der Waals surface area contributed by atoms with E-state index in [1.54, 1.807) is 6.92 Å². The summed E-state index contributed by atoms with van der Waals surface area (Å²) in [5, 5.41) is 0.103. The molecule has 0 saturated carbocycles. The topological polar surface area (TPSA) is 72.2 Å². The minimum Gasteiger partial charge on any atom is -0.389 e. The van der Waals surface area contributed by atoms with Crippen LogP contribution in [-0.2, 0) is 10.0 Å². The highest BCUT2D eigenvalue weighted by Gasteiger charge is 2.17. The Morgan fingerprint density at radius 2 is 2.19 bits per heavy atom. The number of rotatable bonds is 4. The summed E-state index contributed by atoms with van der Waals surface area (Å²) in [6.45, 7) is 1.99. The highest BCUT2D eigenvalue weighted by Crippen LogP contribution is 2.22. The first kappa shape index (κ1) is 13.4. The lowest BCUT2D eigenvalue weighted by molar-refractivity contribution is 0.584. The van der Waals surface area contributed by atoms with E-state index in [0.29, 0.717) is 12.1 Å². The molecule has 3 N–H and O–H groups in total. The Hall–Kier alpha value is -0.690. The Labute approximate surface area is 105 Å². The van der Waals surface area contributed by atoms with Crippen molar-refractivity contribution in [1.82, 2.24) is 4.72 Å². The van der Waals surface area contributed by atoms with Gasteiger partial charge in [0.1, 0.15) is 9.88 Å². The van der Waals surface area contributed by atoms with Crippen LogP contribution in [0.2, 0.25) is 5.02 Å². The van der Waals surface area contributed by atoms with Gasteiger partial charge in [0.15, 0.2) is 0 Å². The summed E-state index contributed by atoms with van der Waals surface area (Å²) in [6, 6.07) is 4.35. The van der Waals surface area contributed by atoms with E-state index in [4.69, 9.17) is 29.6 Å². The summed E-state index contributed by atoms with van der Waals surface area (Å²) in [5.41, 5.74) is 5.95. The Balaban J connectivity index is 3.23. The van der Waals surface area contributed by atoms with Crippen molar-refractivity contribution in [2.24, 2.45) is 5.73 Å². The van der Waals surface area contributed by atoms with Crippen LogP contribution in [0.15, 0.2) is 23.1 Å². The molecule has 0 bridgehead atoms. The highest BCUT2D eigenvalue weighted by molar-refractivity contribution is 7.89. The van der Waals surface area contributed by atoms with Gasteiger partial charge in [0.25, 0.3) is 0 Å². The first-order chi connectivity index (χ1) is 7.38. The molecule has 1 aromatic rings. The van der Waals surface area contributed by atoms with E-state index in [1.165, 1.54) is 18.2 Å². The predicted molar refractivity (Wildman–Crippen MR) is 68.2 cm³/mol. The molecule has 0 aliphatic carbocycles. The fraction of sp³-hybridized carbons (Fsp3) is 0.222. The lowest BCUT2D eigenvalue weighted by Crippen LogP contribution is -2.23. The third kappa shape index (κ3) is 2.91. The third-order valence-corrected chi connectivity index (χ3v) is 4.10. The normalized spacial score (nSPS) is 11.4. The van der Waals surface area contributed by atoms with Crippen molar-refractivity contribution >= 4 is 38.8 Å². The van der Waals surface area contributed by atoms with Gasteiger partial charge in [0, 0.05) is 12.1 Å². The van der Waals surface area contributed by atoms with Crippen LogP contribution in [-0.4, -0.2) is 20.0 Å². The van der Waals surface area contributed by atoms with E-state index in [0.717, 1.165) is 0 Å². The Morgan fingerprint density at radius 3 is 2.62 bits per heavy atom. The summed E-state index contributed by atoms with van der Waals surface area (Å²) in [4.78, 5) is 0.199. The summed E-state index contributed by atoms with van der Waals surface area (Å²) in [6.07, 6.45) is 0. The van der Waals surface area contributed by atoms with Crippen LogP contribution < -0.4 is 10.5 Å². The molecular weight excluding hydrogens is 268 g/mol. The third-order valence-electron chi connectivity index (χ3n) is 1.84. The van der Waals surface area contributed by atoms with Crippen LogP contribution in [0.25, 0.3) is 0 Å². The van der Waals surface area contributed by atoms with Gasteiger partial charge in [-0.25, -0.2) is 13.1 Å². The second-order valence-corrected chi connectivity index (χ2v) is 5.59. The van der Waals surface area contributed by atoms with Crippen LogP contribution in [0, 0.1) is 0 Å².